The molecule has 0 bridgehead atoms. The summed E-state index contributed by atoms with van der Waals surface area (Å²) in [4.78, 5) is 0. The van der Waals surface area contributed by atoms with Crippen LogP contribution in [-0.2, 0) is 0 Å². The summed E-state index contributed by atoms with van der Waals surface area (Å²) in [5, 5.41) is 0. The minimum absolute atomic E-state index is 0.514. The molecular weight excluding hydrogens is 68.9 g/mol. The molecule has 0 saturated carbocycles. The summed E-state index contributed by atoms with van der Waals surface area (Å²) in [5.74, 6) is 0.514. The van der Waals surface area contributed by atoms with Gasteiger partial charge in [-0.25, -0.2) is 11.6 Å². The molecule has 0 heterocycles. The Labute approximate surface area is 31.3 Å². The lowest BCUT2D eigenvalue weighted by Gasteiger charge is -1.72. The second kappa shape index (κ2) is 3.37. The fraction of sp³-hybridized carbons (Fsp3) is 1.00. The van der Waals surface area contributed by atoms with E-state index in [1.165, 1.54) is 0 Å². The van der Waals surface area contributed by atoms with Crippen molar-refractivity contribution in [1.82, 2.24) is 0 Å². The Morgan fingerprint density at radius 1 is 2.00 bits per heavy atom. The largest absolute Gasteiger partial charge is 0.323 e. The summed E-state index contributed by atoms with van der Waals surface area (Å²) >= 11 is 1.13. The minimum atomic E-state index is 0.514. The number of hydrogen-bond acceptors (Lipinski definition) is 2. The molecule has 2 radical (unpaired) electrons. The van der Waals surface area contributed by atoms with Gasteiger partial charge in [0.15, 0.2) is 7.12 Å². The predicted molar refractivity (Wildman–Crippen MR) is 22.4 cm³/mol. The molecule has 0 aliphatic heterocycles. The van der Waals surface area contributed by atoms with Crippen LogP contribution in [-0.4, -0.2) is 13.0 Å². The first-order valence-corrected chi connectivity index (χ1v) is 1.98. The van der Waals surface area contributed by atoms with Gasteiger partial charge in [-0.1, -0.05) is 0 Å². The van der Waals surface area contributed by atoms with Gasteiger partial charge in [-0.05, 0) is 0 Å². The van der Waals surface area contributed by atoms with Gasteiger partial charge < -0.3 is 5.73 Å². The quantitative estimate of drug-likeness (QED) is 0.341. The van der Waals surface area contributed by atoms with Gasteiger partial charge in [0.25, 0.3) is 0 Å². The average molecular weight is 72.9 g/mol. The second-order valence-electron chi connectivity index (χ2n) is 0.333. The highest BCUT2D eigenvalue weighted by atomic mass is 32.2. The van der Waals surface area contributed by atoms with E-state index in [0.717, 1.165) is 11.6 Å². The summed E-state index contributed by atoms with van der Waals surface area (Å²) < 4.78 is 0. The Balaban J connectivity index is 1.97. The monoisotopic (exact) mass is 73.0 g/mol. The van der Waals surface area contributed by atoms with Crippen LogP contribution in [0.4, 0.5) is 0 Å². The standard InChI is InChI=1S/CH4BNS/c2-4-1-3/h1,3H2. The molecule has 22 valence electrons. The molecule has 0 spiro atoms. The Morgan fingerprint density at radius 3 is 2.25 bits per heavy atom. The van der Waals surface area contributed by atoms with E-state index in [9.17, 15) is 0 Å². The van der Waals surface area contributed by atoms with Crippen LogP contribution in [0.1, 0.15) is 0 Å². The molecule has 0 aromatic carbocycles. The van der Waals surface area contributed by atoms with Gasteiger partial charge in [0.1, 0.15) is 0 Å². The van der Waals surface area contributed by atoms with Gasteiger partial charge in [-0.3, -0.25) is 0 Å². The molecule has 4 heavy (non-hydrogen) atoms. The van der Waals surface area contributed by atoms with Crippen molar-refractivity contribution < 1.29 is 0 Å². The Bertz CT molecular complexity index is 10.0. The lowest BCUT2D eigenvalue weighted by molar-refractivity contribution is 1.41. The first kappa shape index (κ1) is 4.37. The summed E-state index contributed by atoms with van der Waals surface area (Å²) in [6.45, 7) is 0. The van der Waals surface area contributed by atoms with E-state index in [0.29, 0.717) is 5.88 Å². The summed E-state index contributed by atoms with van der Waals surface area (Å²) in [6.07, 6.45) is 0. The van der Waals surface area contributed by atoms with Crippen LogP contribution in [0.25, 0.3) is 0 Å². The van der Waals surface area contributed by atoms with Crippen molar-refractivity contribution in [2.45, 2.75) is 0 Å². The van der Waals surface area contributed by atoms with Crippen LogP contribution in [0.2, 0.25) is 0 Å². The maximum atomic E-state index is 4.87. The number of rotatable bonds is 1. The predicted octanol–water partition coefficient (Wildman–Crippen LogP) is -0.281. The zero-order valence-corrected chi connectivity index (χ0v) is 3.09. The van der Waals surface area contributed by atoms with Crippen LogP contribution < -0.4 is 5.73 Å². The van der Waals surface area contributed by atoms with E-state index in [2.05, 4.69) is 0 Å². The van der Waals surface area contributed by atoms with E-state index in [1.807, 2.05) is 0 Å². The summed E-state index contributed by atoms with van der Waals surface area (Å²) in [7, 11) is 4.82. The van der Waals surface area contributed by atoms with Crippen LogP contribution in [0, 0.1) is 0 Å². The molecule has 0 aromatic heterocycles. The molecule has 3 heteroatoms. The van der Waals surface area contributed by atoms with Crippen LogP contribution in [0.15, 0.2) is 0 Å². The van der Waals surface area contributed by atoms with Crippen molar-refractivity contribution in [3.63, 3.8) is 0 Å². The van der Waals surface area contributed by atoms with Crippen molar-refractivity contribution in [2.75, 3.05) is 5.88 Å². The molecule has 0 aromatic rings. The number of nitrogens with two attached hydrogens (primary N) is 1. The Morgan fingerprint density at radius 2 is 2.25 bits per heavy atom. The van der Waals surface area contributed by atoms with Crippen LogP contribution in [0.3, 0.4) is 0 Å². The van der Waals surface area contributed by atoms with Gasteiger partial charge in [-0.15, -0.1) is 0 Å². The fourth-order valence-corrected chi connectivity index (χ4v) is 0. The van der Waals surface area contributed by atoms with E-state index in [4.69, 9.17) is 12.9 Å². The van der Waals surface area contributed by atoms with E-state index < -0.39 is 0 Å². The lowest BCUT2D eigenvalue weighted by Crippen LogP contribution is -1.89. The molecular formula is CH4BNS. The highest BCUT2D eigenvalue weighted by Gasteiger charge is 1.54. The topological polar surface area (TPSA) is 26.0 Å². The van der Waals surface area contributed by atoms with Gasteiger partial charge in [-0.2, -0.15) is 0 Å². The van der Waals surface area contributed by atoms with Gasteiger partial charge in [0.05, 0.1) is 0 Å². The molecule has 1 nitrogen and oxygen atoms in total. The first-order chi connectivity index (χ1) is 1.91. The van der Waals surface area contributed by atoms with Crippen molar-refractivity contribution in [3.8, 4) is 0 Å². The summed E-state index contributed by atoms with van der Waals surface area (Å²) in [5.41, 5.74) is 4.87. The third-order valence-corrected chi connectivity index (χ3v) is 0.289. The zero-order chi connectivity index (χ0) is 3.41. The van der Waals surface area contributed by atoms with Crippen LogP contribution in [0.5, 0.6) is 0 Å². The second-order valence-corrected chi connectivity index (χ2v) is 1.00. The molecule has 0 aliphatic carbocycles. The van der Waals surface area contributed by atoms with E-state index in [-0.39, 0.29) is 0 Å². The molecule has 2 N–H and O–H groups in total. The molecule has 0 amide bonds. The number of hydrogen-bond donors (Lipinski definition) is 1. The van der Waals surface area contributed by atoms with Gasteiger partial charge in [0.2, 0.25) is 0 Å². The minimum Gasteiger partial charge on any atom is -0.323 e. The SMILES string of the molecule is [B]SCN. The van der Waals surface area contributed by atoms with E-state index in [1.54, 1.807) is 0 Å². The first-order valence-electron chi connectivity index (χ1n) is 0.933. The highest BCUT2D eigenvalue weighted by Crippen LogP contribution is 1.75. The van der Waals surface area contributed by atoms with Gasteiger partial charge in [0, 0.05) is 5.88 Å². The van der Waals surface area contributed by atoms with Crippen molar-refractivity contribution in [3.05, 3.63) is 0 Å². The van der Waals surface area contributed by atoms with Gasteiger partial charge >= 0.3 is 0 Å². The fourth-order valence-electron chi connectivity index (χ4n) is 0. The Kier molecular flexibility index (Phi) is 3.69. The maximum absolute atomic E-state index is 4.87. The Hall–Kier alpha value is 0.375. The highest BCUT2D eigenvalue weighted by molar-refractivity contribution is 8.19. The summed E-state index contributed by atoms with van der Waals surface area (Å²) in [6, 6.07) is 0. The maximum Gasteiger partial charge on any atom is 0.163 e. The molecule has 0 saturated heterocycles. The van der Waals surface area contributed by atoms with Crippen molar-refractivity contribution in [1.29, 1.82) is 0 Å². The molecule has 0 unspecified atom stereocenters. The van der Waals surface area contributed by atoms with Crippen molar-refractivity contribution in [2.24, 2.45) is 5.73 Å². The molecule has 0 atom stereocenters. The molecule has 0 aliphatic rings. The lowest BCUT2D eigenvalue weighted by atomic mass is 10.8. The zero-order valence-electron chi connectivity index (χ0n) is 2.27. The molecule has 0 rings (SSSR count). The normalized spacial score (nSPS) is 7.25. The van der Waals surface area contributed by atoms with E-state index >= 15 is 0 Å². The van der Waals surface area contributed by atoms with Crippen LogP contribution >= 0.6 is 11.6 Å². The smallest absolute Gasteiger partial charge is 0.163 e. The van der Waals surface area contributed by atoms with Crippen molar-refractivity contribution >= 4 is 18.7 Å². The average Bonchev–Trinajstić information content (AvgIpc) is 1.37. The third kappa shape index (κ3) is 2.37. The molecule has 0 fully saturated rings. The third-order valence-electron chi connectivity index (χ3n) is 0.0962.